The molecule has 4 heteroatoms. The summed E-state index contributed by atoms with van der Waals surface area (Å²) in [7, 11) is 1.40. The summed E-state index contributed by atoms with van der Waals surface area (Å²) >= 11 is 0. The van der Waals surface area contributed by atoms with Gasteiger partial charge in [0.1, 0.15) is 0 Å². The second-order valence-corrected chi connectivity index (χ2v) is 4.06. The molecule has 0 bridgehead atoms. The fourth-order valence-electron chi connectivity index (χ4n) is 1.85. The van der Waals surface area contributed by atoms with Gasteiger partial charge in [0.2, 0.25) is 0 Å². The van der Waals surface area contributed by atoms with Gasteiger partial charge in [0.25, 0.3) is 0 Å². The van der Waals surface area contributed by atoms with Crippen LogP contribution in [0.2, 0.25) is 0 Å². The molecule has 92 valence electrons. The van der Waals surface area contributed by atoms with Crippen LogP contribution in [0, 0.1) is 5.92 Å². The highest BCUT2D eigenvalue weighted by atomic mass is 16.5. The summed E-state index contributed by atoms with van der Waals surface area (Å²) in [5.74, 6) is 0.554. The van der Waals surface area contributed by atoms with Crippen LogP contribution in [0.1, 0.15) is 12.8 Å². The molecule has 1 aliphatic carbocycles. The van der Waals surface area contributed by atoms with Crippen molar-refractivity contribution < 1.29 is 14.3 Å². The van der Waals surface area contributed by atoms with Crippen LogP contribution in [0.5, 0.6) is 0 Å². The minimum Gasteiger partial charge on any atom is -0.476 e. The van der Waals surface area contributed by atoms with Crippen molar-refractivity contribution >= 4 is 5.97 Å². The summed E-state index contributed by atoms with van der Waals surface area (Å²) in [5.41, 5.74) is 0. The summed E-state index contributed by atoms with van der Waals surface area (Å²) in [5, 5.41) is 3.16. The number of carbonyl (C=O) groups excluding carboxylic acids is 1. The van der Waals surface area contributed by atoms with Gasteiger partial charge in [-0.15, -0.1) is 0 Å². The smallest absolute Gasteiger partial charge is 0.313 e. The van der Waals surface area contributed by atoms with E-state index in [0.29, 0.717) is 6.54 Å². The van der Waals surface area contributed by atoms with E-state index in [4.69, 9.17) is 4.74 Å². The molecule has 0 radical (unpaired) electrons. The van der Waals surface area contributed by atoms with E-state index in [-0.39, 0.29) is 18.1 Å². The molecule has 0 fully saturated rings. The Hall–Kier alpha value is -1.55. The molecule has 0 aromatic heterocycles. The first-order chi connectivity index (χ1) is 8.29. The molecule has 0 aromatic rings. The molecule has 0 saturated carbocycles. The van der Waals surface area contributed by atoms with Crippen LogP contribution < -0.4 is 5.32 Å². The third-order valence-corrected chi connectivity index (χ3v) is 2.82. The van der Waals surface area contributed by atoms with Gasteiger partial charge >= 0.3 is 5.97 Å². The van der Waals surface area contributed by atoms with Gasteiger partial charge in [-0.25, -0.2) is 0 Å². The number of rotatable bonds is 3. The first-order valence-electron chi connectivity index (χ1n) is 5.81. The van der Waals surface area contributed by atoms with E-state index in [1.165, 1.54) is 7.11 Å². The van der Waals surface area contributed by atoms with E-state index in [1.807, 2.05) is 24.3 Å². The first-order valence-corrected chi connectivity index (χ1v) is 5.81. The number of methoxy groups -OCH3 is 1. The zero-order valence-corrected chi connectivity index (χ0v) is 9.89. The van der Waals surface area contributed by atoms with Gasteiger partial charge in [0.05, 0.1) is 18.8 Å². The summed E-state index contributed by atoms with van der Waals surface area (Å²) in [6.07, 6.45) is 11.6. The van der Waals surface area contributed by atoms with Crippen LogP contribution in [-0.4, -0.2) is 25.9 Å². The molecule has 4 nitrogen and oxygen atoms in total. The van der Waals surface area contributed by atoms with Gasteiger partial charge in [-0.3, -0.25) is 10.1 Å². The summed E-state index contributed by atoms with van der Waals surface area (Å²) < 4.78 is 10.4. The molecular weight excluding hydrogens is 218 g/mol. The topological polar surface area (TPSA) is 47.6 Å². The highest BCUT2D eigenvalue weighted by molar-refractivity contribution is 5.74. The monoisotopic (exact) mass is 235 g/mol. The van der Waals surface area contributed by atoms with Crippen molar-refractivity contribution in [1.29, 1.82) is 0 Å². The number of ether oxygens (including phenoxy) is 2. The number of nitrogens with one attached hydrogen (secondary N) is 1. The summed E-state index contributed by atoms with van der Waals surface area (Å²) in [6.45, 7) is 0.553. The predicted molar refractivity (Wildman–Crippen MR) is 64.0 cm³/mol. The van der Waals surface area contributed by atoms with Crippen molar-refractivity contribution in [1.82, 2.24) is 5.32 Å². The lowest BCUT2D eigenvalue weighted by Crippen LogP contribution is -2.39. The van der Waals surface area contributed by atoms with E-state index in [2.05, 4.69) is 16.1 Å². The van der Waals surface area contributed by atoms with Crippen molar-refractivity contribution in [3.8, 4) is 0 Å². The zero-order valence-electron chi connectivity index (χ0n) is 9.89. The number of esters is 1. The Kier molecular flexibility index (Phi) is 3.98. The molecular formula is C13H17NO3. The Morgan fingerprint density at radius 3 is 2.94 bits per heavy atom. The summed E-state index contributed by atoms with van der Waals surface area (Å²) in [6, 6.07) is 0. The van der Waals surface area contributed by atoms with Crippen molar-refractivity contribution in [2.45, 2.75) is 19.1 Å². The lowest BCUT2D eigenvalue weighted by molar-refractivity contribution is -0.143. The lowest BCUT2D eigenvalue weighted by atomic mass is 10.1. The molecule has 0 saturated heterocycles. The Bertz CT molecular complexity index is 371. The maximum atomic E-state index is 11.3. The quantitative estimate of drug-likeness (QED) is 0.595. The highest BCUT2D eigenvalue weighted by Gasteiger charge is 2.22. The third kappa shape index (κ3) is 3.20. The van der Waals surface area contributed by atoms with Gasteiger partial charge in [-0.1, -0.05) is 18.2 Å². The molecule has 17 heavy (non-hydrogen) atoms. The molecule has 0 spiro atoms. The van der Waals surface area contributed by atoms with Crippen molar-refractivity contribution in [3.63, 3.8) is 0 Å². The normalized spacial score (nSPS) is 27.5. The largest absolute Gasteiger partial charge is 0.476 e. The molecule has 2 rings (SSSR count). The van der Waals surface area contributed by atoms with Crippen molar-refractivity contribution in [3.05, 3.63) is 36.1 Å². The average Bonchev–Trinajstić information content (AvgIpc) is 2.40. The van der Waals surface area contributed by atoms with Crippen LogP contribution in [0.15, 0.2) is 36.1 Å². The van der Waals surface area contributed by atoms with Crippen LogP contribution in [0.25, 0.3) is 0 Å². The second-order valence-electron chi connectivity index (χ2n) is 4.06. The van der Waals surface area contributed by atoms with Crippen LogP contribution in [0.3, 0.4) is 0 Å². The fraction of sp³-hybridized carbons (Fsp3) is 0.462. The minimum atomic E-state index is -0.216. The van der Waals surface area contributed by atoms with Gasteiger partial charge < -0.3 is 9.47 Å². The molecule has 1 heterocycles. The fourth-order valence-corrected chi connectivity index (χ4v) is 1.85. The third-order valence-electron chi connectivity index (χ3n) is 2.82. The van der Waals surface area contributed by atoms with Crippen LogP contribution in [-0.2, 0) is 14.3 Å². The Labute approximate surface area is 101 Å². The Morgan fingerprint density at radius 2 is 2.35 bits per heavy atom. The minimum absolute atomic E-state index is 0.145. The van der Waals surface area contributed by atoms with Crippen molar-refractivity contribution in [2.24, 2.45) is 5.92 Å². The number of allylic oxidation sites excluding steroid dienone is 4. The van der Waals surface area contributed by atoms with E-state index >= 15 is 0 Å². The SMILES string of the molecule is COC(=O)C1C=CC(OC2=CC=CCC2)NC1. The van der Waals surface area contributed by atoms with Gasteiger partial charge in [0, 0.05) is 13.0 Å². The van der Waals surface area contributed by atoms with Gasteiger partial charge in [-0.2, -0.15) is 0 Å². The predicted octanol–water partition coefficient (Wildman–Crippen LogP) is 1.51. The maximum Gasteiger partial charge on any atom is 0.313 e. The number of hydrogen-bond donors (Lipinski definition) is 1. The van der Waals surface area contributed by atoms with Gasteiger partial charge in [-0.05, 0) is 18.6 Å². The van der Waals surface area contributed by atoms with Crippen molar-refractivity contribution in [2.75, 3.05) is 13.7 Å². The van der Waals surface area contributed by atoms with E-state index in [1.54, 1.807) is 0 Å². The summed E-state index contributed by atoms with van der Waals surface area (Å²) in [4.78, 5) is 11.3. The number of hydrogen-bond acceptors (Lipinski definition) is 4. The molecule has 0 amide bonds. The maximum absolute atomic E-state index is 11.3. The standard InChI is InChI=1S/C13H17NO3/c1-16-13(15)10-7-8-12(14-9-10)17-11-5-3-2-4-6-11/h2-3,5,7-8,10,12,14H,4,6,9H2,1H3. The van der Waals surface area contributed by atoms with E-state index in [0.717, 1.165) is 18.6 Å². The highest BCUT2D eigenvalue weighted by Crippen LogP contribution is 2.17. The molecule has 1 N–H and O–H groups in total. The molecule has 1 aliphatic heterocycles. The van der Waals surface area contributed by atoms with E-state index in [9.17, 15) is 4.79 Å². The first kappa shape index (κ1) is 11.9. The second kappa shape index (κ2) is 5.68. The zero-order chi connectivity index (χ0) is 12.1. The molecule has 0 aromatic carbocycles. The molecule has 2 atom stereocenters. The lowest BCUT2D eigenvalue weighted by Gasteiger charge is -2.25. The Morgan fingerprint density at radius 1 is 1.47 bits per heavy atom. The van der Waals surface area contributed by atoms with Crippen LogP contribution in [0.4, 0.5) is 0 Å². The van der Waals surface area contributed by atoms with E-state index < -0.39 is 0 Å². The van der Waals surface area contributed by atoms with Crippen LogP contribution >= 0.6 is 0 Å². The Balaban J connectivity index is 1.87. The molecule has 2 unspecified atom stereocenters. The number of carbonyl (C=O) groups is 1. The van der Waals surface area contributed by atoms with Gasteiger partial charge in [0.15, 0.2) is 6.23 Å². The molecule has 2 aliphatic rings. The average molecular weight is 235 g/mol.